The second-order valence-corrected chi connectivity index (χ2v) is 6.95. The number of nitrogens with zero attached hydrogens (tertiary/aromatic N) is 2. The third kappa shape index (κ3) is 3.28. The van der Waals surface area contributed by atoms with Crippen molar-refractivity contribution in [3.63, 3.8) is 0 Å². The maximum absolute atomic E-state index is 12.2. The van der Waals surface area contributed by atoms with Gasteiger partial charge < -0.3 is 5.11 Å². The summed E-state index contributed by atoms with van der Waals surface area (Å²) in [6.07, 6.45) is 0.896. The molecule has 0 aliphatic heterocycles. The Hall–Kier alpha value is -1.38. The molecule has 6 nitrogen and oxygen atoms in total. The third-order valence-electron chi connectivity index (χ3n) is 3.39. The number of aliphatic hydroxyl groups excluding tert-OH is 1. The number of hydrogen-bond donors (Lipinski definition) is 3. The quantitative estimate of drug-likeness (QED) is 0.707. The number of carbonyl (C=O) groups excluding carboxylic acids is 1. The number of H-pyrrole nitrogens is 1. The van der Waals surface area contributed by atoms with Crippen LogP contribution in [0.4, 0.5) is 5.95 Å². The van der Waals surface area contributed by atoms with Crippen molar-refractivity contribution in [3.8, 4) is 0 Å². The number of thiophene rings is 1. The van der Waals surface area contributed by atoms with Crippen LogP contribution in [0.1, 0.15) is 22.8 Å². The van der Waals surface area contributed by atoms with Crippen molar-refractivity contribution in [1.82, 2.24) is 15.2 Å². The Bertz CT molecular complexity index is 640. The van der Waals surface area contributed by atoms with Crippen LogP contribution in [0.25, 0.3) is 0 Å². The molecule has 1 amide bonds. The first-order chi connectivity index (χ1) is 10.2. The van der Waals surface area contributed by atoms with Crippen LogP contribution in [-0.4, -0.2) is 38.6 Å². The molecule has 1 aliphatic carbocycles. The summed E-state index contributed by atoms with van der Waals surface area (Å²) in [5, 5.41) is 20.8. The Morgan fingerprint density at radius 3 is 3.24 bits per heavy atom. The van der Waals surface area contributed by atoms with E-state index < -0.39 is 0 Å². The molecule has 112 valence electrons. The van der Waals surface area contributed by atoms with Crippen LogP contribution >= 0.6 is 23.1 Å². The Morgan fingerprint density at radius 1 is 1.67 bits per heavy atom. The summed E-state index contributed by atoms with van der Waals surface area (Å²) in [7, 11) is 0. The fourth-order valence-electron chi connectivity index (χ4n) is 2.25. The lowest BCUT2D eigenvalue weighted by Gasteiger charge is -2.00. The van der Waals surface area contributed by atoms with E-state index in [2.05, 4.69) is 38.9 Å². The van der Waals surface area contributed by atoms with Gasteiger partial charge in [0.25, 0.3) is 0 Å². The largest absolute Gasteiger partial charge is 0.396 e. The topological polar surface area (TPSA) is 90.9 Å². The second-order valence-electron chi connectivity index (χ2n) is 4.94. The van der Waals surface area contributed by atoms with Gasteiger partial charge in [0.2, 0.25) is 17.0 Å². The molecule has 0 bridgehead atoms. The molecule has 1 aliphatic rings. The molecule has 1 saturated carbocycles. The highest BCUT2D eigenvalue weighted by molar-refractivity contribution is 7.99. The lowest BCUT2D eigenvalue weighted by molar-refractivity contribution is -0.117. The summed E-state index contributed by atoms with van der Waals surface area (Å²) in [5.74, 6) is 1.27. The molecule has 0 aromatic carbocycles. The minimum atomic E-state index is -0.0114. The minimum absolute atomic E-state index is 0.0114. The fourth-order valence-corrected chi connectivity index (χ4v) is 3.90. The predicted molar refractivity (Wildman–Crippen MR) is 82.7 cm³/mol. The first-order valence-corrected chi connectivity index (χ1v) is 8.56. The van der Waals surface area contributed by atoms with Gasteiger partial charge in [0, 0.05) is 22.5 Å². The number of carbonyl (C=O) groups is 1. The van der Waals surface area contributed by atoms with Gasteiger partial charge in [0.1, 0.15) is 0 Å². The first-order valence-electron chi connectivity index (χ1n) is 6.70. The summed E-state index contributed by atoms with van der Waals surface area (Å²) in [6.45, 7) is 2.16. The van der Waals surface area contributed by atoms with Gasteiger partial charge >= 0.3 is 0 Å². The highest BCUT2D eigenvalue weighted by Crippen LogP contribution is 2.50. The summed E-state index contributed by atoms with van der Waals surface area (Å²) >= 11 is 3.06. The molecule has 3 N–H and O–H groups in total. The Morgan fingerprint density at radius 2 is 2.52 bits per heavy atom. The van der Waals surface area contributed by atoms with E-state index in [0.29, 0.717) is 22.8 Å². The van der Waals surface area contributed by atoms with E-state index in [-0.39, 0.29) is 18.4 Å². The highest BCUT2D eigenvalue weighted by Gasteiger charge is 2.45. The van der Waals surface area contributed by atoms with E-state index in [1.165, 1.54) is 22.2 Å². The Kier molecular flexibility index (Phi) is 4.27. The molecule has 0 spiro atoms. The molecule has 0 saturated heterocycles. The molecule has 0 unspecified atom stereocenters. The number of thioether (sulfide) groups is 1. The zero-order chi connectivity index (χ0) is 14.8. The van der Waals surface area contributed by atoms with Crippen LogP contribution < -0.4 is 5.32 Å². The zero-order valence-electron chi connectivity index (χ0n) is 11.5. The van der Waals surface area contributed by atoms with Gasteiger partial charge in [0.05, 0.1) is 6.61 Å². The van der Waals surface area contributed by atoms with E-state index in [0.717, 1.165) is 6.42 Å². The van der Waals surface area contributed by atoms with Gasteiger partial charge in [-0.05, 0) is 30.4 Å². The smallest absolute Gasteiger partial charge is 0.230 e. The molecule has 1 fully saturated rings. The molecule has 2 aromatic rings. The monoisotopic (exact) mass is 324 g/mol. The van der Waals surface area contributed by atoms with E-state index in [9.17, 15) is 4.79 Å². The summed E-state index contributed by atoms with van der Waals surface area (Å²) in [5.41, 5.74) is 1.27. The van der Waals surface area contributed by atoms with Crippen LogP contribution in [-0.2, 0) is 4.79 Å². The predicted octanol–water partition coefficient (Wildman–Crippen LogP) is 2.00. The van der Waals surface area contributed by atoms with Crippen LogP contribution in [0.3, 0.4) is 0 Å². The van der Waals surface area contributed by atoms with Gasteiger partial charge in [-0.15, -0.1) is 16.4 Å². The van der Waals surface area contributed by atoms with E-state index >= 15 is 0 Å². The lowest BCUT2D eigenvalue weighted by atomic mass is 10.2. The van der Waals surface area contributed by atoms with Crippen molar-refractivity contribution in [2.24, 2.45) is 5.92 Å². The van der Waals surface area contributed by atoms with Gasteiger partial charge in [0.15, 0.2) is 0 Å². The Labute approximate surface area is 130 Å². The number of hydrogen-bond acceptors (Lipinski definition) is 6. The number of aromatic amines is 1. The minimum Gasteiger partial charge on any atom is -0.396 e. The van der Waals surface area contributed by atoms with Gasteiger partial charge in [-0.1, -0.05) is 11.8 Å². The number of aromatic nitrogens is 3. The molecule has 2 heterocycles. The normalized spacial score (nSPS) is 20.5. The number of amides is 1. The van der Waals surface area contributed by atoms with E-state index in [4.69, 9.17) is 5.11 Å². The van der Waals surface area contributed by atoms with Crippen LogP contribution in [0.5, 0.6) is 0 Å². The van der Waals surface area contributed by atoms with E-state index in [1.54, 1.807) is 11.3 Å². The number of aryl methyl sites for hydroxylation is 1. The second kappa shape index (κ2) is 6.17. The summed E-state index contributed by atoms with van der Waals surface area (Å²) in [4.78, 5) is 17.6. The molecule has 2 atom stereocenters. The van der Waals surface area contributed by atoms with Crippen molar-refractivity contribution in [1.29, 1.82) is 0 Å². The molecule has 8 heteroatoms. The number of aliphatic hydroxyl groups is 1. The maximum Gasteiger partial charge on any atom is 0.230 e. The fraction of sp³-hybridized carbons (Fsp3) is 0.462. The molecule has 0 radical (unpaired) electrons. The molecular weight excluding hydrogens is 308 g/mol. The van der Waals surface area contributed by atoms with Gasteiger partial charge in [-0.2, -0.15) is 4.98 Å². The number of nitrogens with one attached hydrogen (secondary N) is 2. The van der Waals surface area contributed by atoms with Crippen molar-refractivity contribution < 1.29 is 9.90 Å². The van der Waals surface area contributed by atoms with Crippen LogP contribution in [0.15, 0.2) is 16.6 Å². The average molecular weight is 324 g/mol. The van der Waals surface area contributed by atoms with E-state index in [1.807, 2.05) is 0 Å². The Balaban J connectivity index is 1.56. The zero-order valence-corrected chi connectivity index (χ0v) is 13.1. The molecular formula is C13H16N4O2S2. The third-order valence-corrected chi connectivity index (χ3v) is 5.37. The average Bonchev–Trinajstić information content (AvgIpc) is 2.95. The molecule has 3 rings (SSSR count). The lowest BCUT2D eigenvalue weighted by Crippen LogP contribution is -2.15. The standard InChI is InChI=1S/C13H16N4O2S2/c1-7-2-4-20-10(7)8-6-9(8)11(19)14-12-15-13(17-16-12)21-5-3-18/h2,4,8-9,18H,3,5-6H2,1H3,(H2,14,15,16,17,19)/t8-,9-/m0/s1. The number of rotatable bonds is 6. The molecule has 21 heavy (non-hydrogen) atoms. The van der Waals surface area contributed by atoms with Crippen molar-refractivity contribution >= 4 is 35.0 Å². The van der Waals surface area contributed by atoms with Crippen molar-refractivity contribution in [2.45, 2.75) is 24.4 Å². The summed E-state index contributed by atoms with van der Waals surface area (Å²) in [6, 6.07) is 2.09. The van der Waals surface area contributed by atoms with Crippen molar-refractivity contribution in [2.75, 3.05) is 17.7 Å². The summed E-state index contributed by atoms with van der Waals surface area (Å²) < 4.78 is 0. The maximum atomic E-state index is 12.2. The highest BCUT2D eigenvalue weighted by atomic mass is 32.2. The number of anilines is 1. The van der Waals surface area contributed by atoms with Crippen LogP contribution in [0.2, 0.25) is 0 Å². The SMILES string of the molecule is Cc1ccsc1[C@H]1C[C@@H]1C(=O)Nc1nc(SCCO)n[nH]1. The van der Waals surface area contributed by atoms with Gasteiger partial charge in [-0.25, -0.2) is 5.10 Å². The van der Waals surface area contributed by atoms with Gasteiger partial charge in [-0.3, -0.25) is 10.1 Å². The first kappa shape index (κ1) is 14.6. The molecule has 2 aromatic heterocycles. The van der Waals surface area contributed by atoms with Crippen molar-refractivity contribution in [3.05, 3.63) is 21.9 Å². The van der Waals surface area contributed by atoms with Crippen LogP contribution in [0, 0.1) is 12.8 Å².